The zero-order valence-corrected chi connectivity index (χ0v) is 15.1. The maximum Gasteiger partial charge on any atom is 0.254 e. The first-order valence-electron chi connectivity index (χ1n) is 9.06. The molecular weight excluding hydrogens is 312 g/mol. The van der Waals surface area contributed by atoms with Crippen LogP contribution in [0, 0.1) is 6.92 Å². The van der Waals surface area contributed by atoms with Crippen LogP contribution in [-0.4, -0.2) is 33.9 Å². The van der Waals surface area contributed by atoms with Gasteiger partial charge < -0.3 is 5.32 Å². The van der Waals surface area contributed by atoms with E-state index < -0.39 is 0 Å². The van der Waals surface area contributed by atoms with Gasteiger partial charge in [0.15, 0.2) is 0 Å². The van der Waals surface area contributed by atoms with E-state index in [2.05, 4.69) is 44.5 Å². The standard InChI is InChI=1S/C20H26N4O/c1-3-19-18(13-21-15(2)23-19)20(25)22-12-16-6-8-17(9-7-16)14-24-10-4-5-11-24/h6-9,13H,3-5,10-12,14H2,1-2H3,(H,22,25). The lowest BCUT2D eigenvalue weighted by Gasteiger charge is -2.14. The lowest BCUT2D eigenvalue weighted by molar-refractivity contribution is 0.0949. The summed E-state index contributed by atoms with van der Waals surface area (Å²) in [5.41, 5.74) is 3.80. The molecule has 1 aliphatic heterocycles. The second-order valence-corrected chi connectivity index (χ2v) is 6.61. The van der Waals surface area contributed by atoms with E-state index in [1.165, 1.54) is 31.5 Å². The lowest BCUT2D eigenvalue weighted by atomic mass is 10.1. The van der Waals surface area contributed by atoms with Gasteiger partial charge in [-0.05, 0) is 50.4 Å². The fourth-order valence-electron chi connectivity index (χ4n) is 3.22. The van der Waals surface area contributed by atoms with Crippen molar-refractivity contribution >= 4 is 5.91 Å². The van der Waals surface area contributed by atoms with Gasteiger partial charge in [-0.1, -0.05) is 31.2 Å². The summed E-state index contributed by atoms with van der Waals surface area (Å²) in [6.45, 7) is 7.78. The van der Waals surface area contributed by atoms with Crippen molar-refractivity contribution in [3.63, 3.8) is 0 Å². The Labute approximate surface area is 149 Å². The summed E-state index contributed by atoms with van der Waals surface area (Å²) < 4.78 is 0. The second-order valence-electron chi connectivity index (χ2n) is 6.61. The molecule has 5 nitrogen and oxygen atoms in total. The Bertz CT molecular complexity index is 721. The molecule has 0 aliphatic carbocycles. The van der Waals surface area contributed by atoms with Crippen molar-refractivity contribution in [2.24, 2.45) is 0 Å². The summed E-state index contributed by atoms with van der Waals surface area (Å²) in [6.07, 6.45) is 4.96. The molecule has 1 aromatic heterocycles. The molecule has 5 heteroatoms. The Hall–Kier alpha value is -2.27. The summed E-state index contributed by atoms with van der Waals surface area (Å²) in [4.78, 5) is 23.4. The quantitative estimate of drug-likeness (QED) is 0.880. The number of nitrogens with zero attached hydrogens (tertiary/aromatic N) is 3. The van der Waals surface area contributed by atoms with E-state index in [-0.39, 0.29) is 5.91 Å². The van der Waals surface area contributed by atoms with Crippen LogP contribution in [0.5, 0.6) is 0 Å². The van der Waals surface area contributed by atoms with E-state index >= 15 is 0 Å². The Kier molecular flexibility index (Phi) is 5.76. The van der Waals surface area contributed by atoms with E-state index in [0.29, 0.717) is 17.9 Å². The summed E-state index contributed by atoms with van der Waals surface area (Å²) in [5.74, 6) is 0.583. The SMILES string of the molecule is CCc1nc(C)ncc1C(=O)NCc1ccc(CN2CCCC2)cc1. The first kappa shape index (κ1) is 17.5. The Morgan fingerprint density at radius 1 is 1.16 bits per heavy atom. The van der Waals surface area contributed by atoms with Crippen LogP contribution in [0.25, 0.3) is 0 Å². The maximum atomic E-state index is 12.4. The first-order valence-corrected chi connectivity index (χ1v) is 9.06. The topological polar surface area (TPSA) is 58.1 Å². The molecule has 2 aromatic rings. The molecule has 2 heterocycles. The van der Waals surface area contributed by atoms with Crippen molar-refractivity contribution in [3.8, 4) is 0 Å². The minimum Gasteiger partial charge on any atom is -0.348 e. The molecule has 1 aromatic carbocycles. The Balaban J connectivity index is 1.56. The molecule has 132 valence electrons. The molecule has 1 amide bonds. The first-order chi connectivity index (χ1) is 12.2. The number of carbonyl (C=O) groups is 1. The minimum atomic E-state index is -0.113. The highest BCUT2D eigenvalue weighted by Gasteiger charge is 2.13. The minimum absolute atomic E-state index is 0.113. The molecule has 3 rings (SSSR count). The molecule has 1 fully saturated rings. The molecule has 0 spiro atoms. The van der Waals surface area contributed by atoms with Crippen LogP contribution in [0.4, 0.5) is 0 Å². The van der Waals surface area contributed by atoms with Crippen LogP contribution < -0.4 is 5.32 Å². The Morgan fingerprint density at radius 3 is 2.52 bits per heavy atom. The van der Waals surface area contributed by atoms with Gasteiger partial charge in [0.05, 0.1) is 11.3 Å². The van der Waals surface area contributed by atoms with Crippen LogP contribution in [0.1, 0.15) is 52.8 Å². The van der Waals surface area contributed by atoms with Gasteiger partial charge in [0.1, 0.15) is 5.82 Å². The molecule has 0 bridgehead atoms. The largest absolute Gasteiger partial charge is 0.348 e. The van der Waals surface area contributed by atoms with Crippen LogP contribution in [-0.2, 0) is 19.5 Å². The molecule has 1 N–H and O–H groups in total. The monoisotopic (exact) mass is 338 g/mol. The van der Waals surface area contributed by atoms with E-state index in [9.17, 15) is 4.79 Å². The third kappa shape index (κ3) is 4.63. The second kappa shape index (κ2) is 8.21. The van der Waals surface area contributed by atoms with Crippen LogP contribution in [0.2, 0.25) is 0 Å². The van der Waals surface area contributed by atoms with Gasteiger partial charge in [-0.2, -0.15) is 0 Å². The molecular formula is C20H26N4O. The summed E-state index contributed by atoms with van der Waals surface area (Å²) in [6, 6.07) is 8.51. The van der Waals surface area contributed by atoms with E-state index in [4.69, 9.17) is 0 Å². The van der Waals surface area contributed by atoms with Crippen LogP contribution in [0.3, 0.4) is 0 Å². The van der Waals surface area contributed by atoms with E-state index in [1.807, 2.05) is 13.8 Å². The molecule has 1 saturated heterocycles. The highest BCUT2D eigenvalue weighted by molar-refractivity contribution is 5.94. The van der Waals surface area contributed by atoms with Crippen molar-refractivity contribution < 1.29 is 4.79 Å². The fourth-order valence-corrected chi connectivity index (χ4v) is 3.22. The number of likely N-dealkylation sites (tertiary alicyclic amines) is 1. The van der Waals surface area contributed by atoms with Gasteiger partial charge in [0.2, 0.25) is 0 Å². The van der Waals surface area contributed by atoms with Gasteiger partial charge in [0.25, 0.3) is 5.91 Å². The highest BCUT2D eigenvalue weighted by atomic mass is 16.1. The van der Waals surface area contributed by atoms with Gasteiger partial charge in [-0.25, -0.2) is 9.97 Å². The third-order valence-corrected chi connectivity index (χ3v) is 4.65. The normalized spacial score (nSPS) is 14.6. The summed E-state index contributed by atoms with van der Waals surface area (Å²) >= 11 is 0. The average Bonchev–Trinajstić information content (AvgIpc) is 3.13. The van der Waals surface area contributed by atoms with Gasteiger partial charge in [-0.15, -0.1) is 0 Å². The van der Waals surface area contributed by atoms with Crippen molar-refractivity contribution in [1.29, 1.82) is 0 Å². The third-order valence-electron chi connectivity index (χ3n) is 4.65. The van der Waals surface area contributed by atoms with Crippen molar-refractivity contribution in [2.45, 2.75) is 46.2 Å². The molecule has 0 saturated carbocycles. The molecule has 0 unspecified atom stereocenters. The van der Waals surface area contributed by atoms with E-state index in [0.717, 1.165) is 24.2 Å². The number of carbonyl (C=O) groups excluding carboxylic acids is 1. The molecule has 0 atom stereocenters. The Morgan fingerprint density at radius 2 is 1.84 bits per heavy atom. The molecule has 25 heavy (non-hydrogen) atoms. The fraction of sp³-hybridized carbons (Fsp3) is 0.450. The van der Waals surface area contributed by atoms with Gasteiger partial charge >= 0.3 is 0 Å². The number of hydrogen-bond donors (Lipinski definition) is 1. The van der Waals surface area contributed by atoms with Crippen LogP contribution in [0.15, 0.2) is 30.5 Å². The zero-order chi connectivity index (χ0) is 17.6. The van der Waals surface area contributed by atoms with E-state index in [1.54, 1.807) is 6.20 Å². The smallest absolute Gasteiger partial charge is 0.254 e. The number of nitrogens with one attached hydrogen (secondary N) is 1. The lowest BCUT2D eigenvalue weighted by Crippen LogP contribution is -2.25. The number of rotatable bonds is 6. The zero-order valence-electron chi connectivity index (χ0n) is 15.1. The highest BCUT2D eigenvalue weighted by Crippen LogP contribution is 2.13. The predicted octanol–water partition coefficient (Wildman–Crippen LogP) is 2.87. The van der Waals surface area contributed by atoms with Crippen LogP contribution >= 0.6 is 0 Å². The number of benzene rings is 1. The number of hydrogen-bond acceptors (Lipinski definition) is 4. The van der Waals surface area contributed by atoms with Crippen molar-refractivity contribution in [1.82, 2.24) is 20.2 Å². The number of amides is 1. The van der Waals surface area contributed by atoms with Crippen molar-refractivity contribution in [2.75, 3.05) is 13.1 Å². The maximum absolute atomic E-state index is 12.4. The van der Waals surface area contributed by atoms with Crippen molar-refractivity contribution in [3.05, 3.63) is 58.7 Å². The van der Waals surface area contributed by atoms with Gasteiger partial charge in [0, 0.05) is 19.3 Å². The predicted molar refractivity (Wildman–Crippen MR) is 98.3 cm³/mol. The average molecular weight is 338 g/mol. The molecule has 0 radical (unpaired) electrons. The number of aryl methyl sites for hydroxylation is 2. The summed E-state index contributed by atoms with van der Waals surface area (Å²) in [5, 5.41) is 2.97. The summed E-state index contributed by atoms with van der Waals surface area (Å²) in [7, 11) is 0. The van der Waals surface area contributed by atoms with Gasteiger partial charge in [-0.3, -0.25) is 9.69 Å². The molecule has 1 aliphatic rings. The number of aromatic nitrogens is 2.